The number of aliphatic hydroxyl groups excluding tert-OH is 1. The quantitative estimate of drug-likeness (QED) is 0.802. The van der Waals surface area contributed by atoms with Crippen LogP contribution in [0.5, 0.6) is 0 Å². The molecule has 1 aromatic carbocycles. The molecule has 0 amide bonds. The number of rotatable bonds is 3. The minimum Gasteiger partial charge on any atom is -0.396 e. The molecule has 1 aromatic rings. The molecule has 0 heterocycles. The van der Waals surface area contributed by atoms with Gasteiger partial charge in [-0.15, -0.1) is 0 Å². The minimum absolute atomic E-state index is 0.148. The number of hydrogen-bond donors (Lipinski definition) is 1. The van der Waals surface area contributed by atoms with Crippen LogP contribution in [-0.4, -0.2) is 11.7 Å². The predicted octanol–water partition coefficient (Wildman–Crippen LogP) is 3.05. The molecule has 1 aliphatic rings. The molecule has 0 saturated heterocycles. The summed E-state index contributed by atoms with van der Waals surface area (Å²) in [5.41, 5.74) is 1.54. The van der Waals surface area contributed by atoms with Crippen LogP contribution in [0.15, 0.2) is 30.3 Å². The maximum absolute atomic E-state index is 9.40. The predicted molar refractivity (Wildman–Crippen MR) is 62.7 cm³/mol. The van der Waals surface area contributed by atoms with E-state index < -0.39 is 0 Å². The van der Waals surface area contributed by atoms with E-state index in [1.807, 2.05) is 0 Å². The molecule has 1 aliphatic carbocycles. The van der Waals surface area contributed by atoms with E-state index in [1.54, 1.807) is 0 Å². The molecule has 1 N–H and O–H groups in total. The second-order valence-electron chi connectivity index (χ2n) is 5.18. The maximum atomic E-state index is 9.40. The van der Waals surface area contributed by atoms with Gasteiger partial charge in [0.15, 0.2) is 0 Å². The zero-order valence-corrected chi connectivity index (χ0v) is 9.77. The molecule has 1 heteroatoms. The van der Waals surface area contributed by atoms with Crippen LogP contribution in [0.1, 0.15) is 32.3 Å². The van der Waals surface area contributed by atoms with Gasteiger partial charge in [0.2, 0.25) is 0 Å². The van der Waals surface area contributed by atoms with E-state index in [0.29, 0.717) is 24.4 Å². The Bertz CT molecular complexity index is 332. The summed E-state index contributed by atoms with van der Waals surface area (Å²) in [6.45, 7) is 7.04. The lowest BCUT2D eigenvalue weighted by atomic mass is 9.91. The average molecular weight is 204 g/mol. The smallest absolute Gasteiger partial charge is 0.0490 e. The first-order chi connectivity index (χ1) is 7.11. The zero-order valence-electron chi connectivity index (χ0n) is 9.77. The van der Waals surface area contributed by atoms with Gasteiger partial charge in [-0.1, -0.05) is 51.1 Å². The van der Waals surface area contributed by atoms with Crippen molar-refractivity contribution in [2.45, 2.75) is 26.7 Å². The minimum atomic E-state index is 0.148. The molecule has 0 aromatic heterocycles. The van der Waals surface area contributed by atoms with Crippen LogP contribution in [0, 0.1) is 17.3 Å². The molecule has 1 saturated carbocycles. The van der Waals surface area contributed by atoms with E-state index in [9.17, 15) is 5.11 Å². The highest BCUT2D eigenvalue weighted by Crippen LogP contribution is 2.63. The molecule has 15 heavy (non-hydrogen) atoms. The summed E-state index contributed by atoms with van der Waals surface area (Å²) in [6, 6.07) is 10.6. The van der Waals surface area contributed by atoms with E-state index in [4.69, 9.17) is 0 Å². The summed E-state index contributed by atoms with van der Waals surface area (Å²) in [6.07, 6.45) is 0. The molecule has 1 fully saturated rings. The Morgan fingerprint density at radius 1 is 1.33 bits per heavy atom. The third kappa shape index (κ3) is 1.59. The summed E-state index contributed by atoms with van der Waals surface area (Å²) >= 11 is 0. The van der Waals surface area contributed by atoms with Crippen LogP contribution in [-0.2, 0) is 0 Å². The summed E-state index contributed by atoms with van der Waals surface area (Å²) in [5, 5.41) is 9.40. The third-order valence-corrected chi connectivity index (χ3v) is 4.44. The summed E-state index contributed by atoms with van der Waals surface area (Å²) in [4.78, 5) is 0. The van der Waals surface area contributed by atoms with Crippen LogP contribution >= 0.6 is 0 Å². The van der Waals surface area contributed by atoms with E-state index in [0.717, 1.165) is 0 Å². The molecule has 1 nitrogen and oxygen atoms in total. The second-order valence-corrected chi connectivity index (χ2v) is 5.18. The monoisotopic (exact) mass is 204 g/mol. The van der Waals surface area contributed by atoms with Crippen molar-refractivity contribution >= 4 is 0 Å². The van der Waals surface area contributed by atoms with Gasteiger partial charge in [-0.05, 0) is 28.7 Å². The van der Waals surface area contributed by atoms with Crippen molar-refractivity contribution in [2.75, 3.05) is 6.61 Å². The van der Waals surface area contributed by atoms with Gasteiger partial charge in [-0.3, -0.25) is 0 Å². The van der Waals surface area contributed by atoms with Crippen molar-refractivity contribution in [3.8, 4) is 0 Å². The van der Waals surface area contributed by atoms with E-state index in [2.05, 4.69) is 51.1 Å². The van der Waals surface area contributed by atoms with E-state index in [-0.39, 0.29) is 5.41 Å². The molecular formula is C14H20O. The fraction of sp³-hybridized carbons (Fsp3) is 0.571. The van der Waals surface area contributed by atoms with Crippen molar-refractivity contribution in [1.29, 1.82) is 0 Å². The molecule has 0 aliphatic heterocycles. The van der Waals surface area contributed by atoms with Crippen molar-refractivity contribution < 1.29 is 5.11 Å². The van der Waals surface area contributed by atoms with Gasteiger partial charge < -0.3 is 5.11 Å². The maximum Gasteiger partial charge on any atom is 0.0490 e. The molecule has 0 radical (unpaired) electrons. The normalized spacial score (nSPS) is 36.3. The lowest BCUT2D eigenvalue weighted by Crippen LogP contribution is -2.08. The number of aliphatic hydroxyl groups is 1. The number of hydrogen-bond acceptors (Lipinski definition) is 1. The van der Waals surface area contributed by atoms with Crippen LogP contribution in [0.4, 0.5) is 0 Å². The van der Waals surface area contributed by atoms with Crippen LogP contribution in [0.2, 0.25) is 0 Å². The lowest BCUT2D eigenvalue weighted by molar-refractivity contribution is 0.201. The summed E-state index contributed by atoms with van der Waals surface area (Å²) < 4.78 is 0. The van der Waals surface area contributed by atoms with Gasteiger partial charge in [-0.25, -0.2) is 0 Å². The Kier molecular flexibility index (Phi) is 2.59. The largest absolute Gasteiger partial charge is 0.396 e. The highest BCUT2D eigenvalue weighted by molar-refractivity contribution is 5.24. The first-order valence-corrected chi connectivity index (χ1v) is 5.77. The van der Waals surface area contributed by atoms with Crippen LogP contribution in [0.25, 0.3) is 0 Å². The Labute approximate surface area is 92.1 Å². The van der Waals surface area contributed by atoms with Gasteiger partial charge >= 0.3 is 0 Å². The molecule has 4 atom stereocenters. The van der Waals surface area contributed by atoms with Crippen molar-refractivity contribution in [3.05, 3.63) is 35.9 Å². The van der Waals surface area contributed by atoms with Crippen LogP contribution < -0.4 is 0 Å². The third-order valence-electron chi connectivity index (χ3n) is 4.44. The molecule has 0 unspecified atom stereocenters. The molecular weight excluding hydrogens is 184 g/mol. The van der Waals surface area contributed by atoms with Gasteiger partial charge in [0.05, 0.1) is 0 Å². The highest BCUT2D eigenvalue weighted by Gasteiger charge is 2.59. The molecule has 82 valence electrons. The Morgan fingerprint density at radius 2 is 1.93 bits per heavy atom. The summed E-state index contributed by atoms with van der Waals surface area (Å²) in [7, 11) is 0. The van der Waals surface area contributed by atoms with Crippen molar-refractivity contribution in [1.82, 2.24) is 0 Å². The molecule has 0 spiro atoms. The lowest BCUT2D eigenvalue weighted by Gasteiger charge is -2.14. The Hall–Kier alpha value is -0.820. The van der Waals surface area contributed by atoms with Crippen molar-refractivity contribution in [3.63, 3.8) is 0 Å². The first kappa shape index (κ1) is 10.7. The summed E-state index contributed by atoms with van der Waals surface area (Å²) in [5.74, 6) is 1.82. The van der Waals surface area contributed by atoms with Crippen molar-refractivity contribution in [2.24, 2.45) is 17.3 Å². The topological polar surface area (TPSA) is 20.2 Å². The fourth-order valence-corrected chi connectivity index (χ4v) is 3.06. The van der Waals surface area contributed by atoms with Gasteiger partial charge in [-0.2, -0.15) is 0 Å². The average Bonchev–Trinajstić information content (AvgIpc) is 2.83. The van der Waals surface area contributed by atoms with E-state index >= 15 is 0 Å². The van der Waals surface area contributed by atoms with Gasteiger partial charge in [0.1, 0.15) is 0 Å². The zero-order chi connectivity index (χ0) is 11.1. The van der Waals surface area contributed by atoms with Gasteiger partial charge in [0, 0.05) is 6.61 Å². The SMILES string of the molecule is C[C@H](c1ccccc1)[C@@H]1[C@H](C)[C@@]1(C)CO. The van der Waals surface area contributed by atoms with Crippen LogP contribution in [0.3, 0.4) is 0 Å². The molecule has 2 rings (SSSR count). The van der Waals surface area contributed by atoms with Gasteiger partial charge in [0.25, 0.3) is 0 Å². The fourth-order valence-electron chi connectivity index (χ4n) is 3.06. The van der Waals surface area contributed by atoms with E-state index in [1.165, 1.54) is 5.56 Å². The second kappa shape index (κ2) is 3.64. The number of benzene rings is 1. The Morgan fingerprint density at radius 3 is 2.40 bits per heavy atom. The standard InChI is InChI=1S/C14H20O/c1-10(12-7-5-4-6-8-12)13-11(2)14(13,3)9-15/h4-8,10-11,13,15H,9H2,1-3H3/t10-,11+,13-,14-/m1/s1. The molecule has 0 bridgehead atoms. The first-order valence-electron chi connectivity index (χ1n) is 5.77. The highest BCUT2D eigenvalue weighted by atomic mass is 16.3. The Balaban J connectivity index is 2.15.